The Morgan fingerprint density at radius 1 is 0.531 bits per heavy atom. The highest BCUT2D eigenvalue weighted by atomic mass is 33.5. The van der Waals surface area contributed by atoms with Crippen LogP contribution in [0.25, 0.3) is 23.0 Å². The van der Waals surface area contributed by atoms with Crippen LogP contribution in [0.1, 0.15) is 91.9 Å². The van der Waals surface area contributed by atoms with Crippen LogP contribution in [-0.4, -0.2) is 94.9 Å². The van der Waals surface area contributed by atoms with Crippen molar-refractivity contribution in [3.63, 3.8) is 0 Å². The Hall–Kier alpha value is -2.08. The first-order valence-electron chi connectivity index (χ1n) is 26.5. The Morgan fingerprint density at radius 3 is 1.33 bits per heavy atom. The summed E-state index contributed by atoms with van der Waals surface area (Å²) >= 11 is 9.57. The Kier molecular flexibility index (Phi) is 40.2. The van der Waals surface area contributed by atoms with Crippen LogP contribution < -0.4 is 16.4 Å². The Bertz CT molecular complexity index is 5610. The highest BCUT2D eigenvalue weighted by Crippen LogP contribution is 2.28. The van der Waals surface area contributed by atoms with Gasteiger partial charge in [0.2, 0.25) is 0 Å². The summed E-state index contributed by atoms with van der Waals surface area (Å²) in [7, 11) is 47.3. The predicted octanol–water partition coefficient (Wildman–Crippen LogP) is 5.12. The van der Waals surface area contributed by atoms with Crippen LogP contribution in [-0.2, 0) is 288 Å². The fraction of sp³-hybridized carbons (Fsp3) is 0.250. The molecule has 2 unspecified atom stereocenters. The topological polar surface area (TPSA) is 248 Å². The van der Waals surface area contributed by atoms with Crippen molar-refractivity contribution in [3.8, 4) is 23.0 Å². The van der Waals surface area contributed by atoms with E-state index in [1.54, 1.807) is 180 Å². The average molecular weight is 1870 g/mol. The fourth-order valence-electron chi connectivity index (χ4n) is 8.28. The number of halogens is 2. The van der Waals surface area contributed by atoms with Gasteiger partial charge in [0.1, 0.15) is 28.8 Å². The third-order valence-corrected chi connectivity index (χ3v) is 69.9. The van der Waals surface area contributed by atoms with E-state index in [0.717, 1.165) is 42.1 Å². The van der Waals surface area contributed by atoms with Crippen LogP contribution in [0.2, 0.25) is 0 Å². The zero-order valence-electron chi connectivity index (χ0n) is 49.7. The number of aromatic amines is 2. The number of nitrogens with zero attached hydrogens (tertiary/aromatic N) is 11. The summed E-state index contributed by atoms with van der Waals surface area (Å²) in [5.74, 6) is 0.0267. The maximum absolute atomic E-state index is 14.7. The van der Waals surface area contributed by atoms with Crippen LogP contribution in [0.15, 0.2) is 107 Å². The first kappa shape index (κ1) is 83.2. The van der Waals surface area contributed by atoms with E-state index in [4.69, 9.17) is 27.5 Å². The molecule has 0 bridgehead atoms. The quantitative estimate of drug-likeness (QED) is 0.154. The van der Waals surface area contributed by atoms with Crippen molar-refractivity contribution >= 4 is 274 Å². The summed E-state index contributed by atoms with van der Waals surface area (Å²) in [6, 6.07) is 23.3. The van der Waals surface area contributed by atoms with Gasteiger partial charge < -0.3 is 24.5 Å². The second-order valence-electron chi connectivity index (χ2n) is 18.4. The summed E-state index contributed by atoms with van der Waals surface area (Å²) in [5.41, 5.74) is 4.28. The number of hydrogen-bond acceptors (Lipinski definition) is 15. The number of carbonyl (C=O) groups is 2. The molecule has 0 aliphatic carbocycles. The molecule has 6 aromatic heterocycles. The number of carbonyl (C=O) groups excluding carboxylic acids is 1. The number of fused-ring (bicyclic) bond motifs is 2. The Labute approximate surface area is 645 Å². The van der Waals surface area contributed by atoms with E-state index in [-0.39, 0.29) is 34.8 Å². The standard InChI is InChI=1S/C24H22FN7O2.C13H11FN2O3.C11H13N5.S29/c1-14-9-17(27-30-23(14)33)10-16-6-7-19(25)18(11-16)24(34)31-12-15(2)32-21(13-31)28-29-22(32)20-5-3-4-8-26-20;1-7-4-9(15-16-12(7)17)5-8-2-3-11(14)10(6-8)13(18)19;1-8-6-12-7-10-14-15-11(16(8)10)9-4-2-3-5-13-9;1-3-5-7-9-11-13-15-17-19-21-23-25-27-29-28-26-24-22-20-18-16-14-12-10-8-6-4-2/h3-9,11,15H,10,12-13H2,1-2H3,(H,30,33);2-4,6H,5H2,1H3,(H,16,17)(H,18,19);2-5,8,12H,6-7H2,1H3;. The zero-order valence-corrected chi connectivity index (χ0v) is 73.4. The Balaban J connectivity index is 0.000000191. The predicted molar refractivity (Wildman–Crippen MR) is 461 cm³/mol. The van der Waals surface area contributed by atoms with Gasteiger partial charge in [-0.15, -0.1) is 20.4 Å². The van der Waals surface area contributed by atoms with Gasteiger partial charge in [-0.2, -0.15) is 10.2 Å². The summed E-state index contributed by atoms with van der Waals surface area (Å²) in [6.07, 6.45) is 4.15. The van der Waals surface area contributed by atoms with Crippen LogP contribution >= 0.6 is 0 Å². The fourth-order valence-corrected chi connectivity index (χ4v) is 76.9. The molecular weight excluding hydrogens is 1820 g/mol. The molecule has 50 heteroatoms. The van der Waals surface area contributed by atoms with Crippen molar-refractivity contribution in [3.05, 3.63) is 186 Å². The molecule has 2 aromatic carbocycles. The molecule has 98 heavy (non-hydrogen) atoms. The van der Waals surface area contributed by atoms with Crippen LogP contribution in [0, 0.1) is 25.5 Å². The maximum atomic E-state index is 14.7. The number of nitrogens with one attached hydrogen (secondary N) is 3. The first-order chi connectivity index (χ1) is 47.6. The zero-order chi connectivity index (χ0) is 69.9. The number of amides is 1. The van der Waals surface area contributed by atoms with E-state index in [1.165, 1.54) is 36.0 Å². The number of rotatable bonds is 8. The summed E-state index contributed by atoms with van der Waals surface area (Å²) in [6.45, 7) is 9.80. The minimum Gasteiger partial charge on any atom is -0.478 e. The van der Waals surface area contributed by atoms with Crippen molar-refractivity contribution in [1.29, 1.82) is 0 Å². The number of H-pyrrole nitrogens is 2. The largest absolute Gasteiger partial charge is 0.478 e. The van der Waals surface area contributed by atoms with E-state index < -0.39 is 23.5 Å². The molecular formula is C48H46F2N14O5S29. The monoisotopic (exact) mass is 1860 g/mol. The minimum absolute atomic E-state index is 0.0104. The highest BCUT2D eigenvalue weighted by molar-refractivity contribution is 8.79. The lowest BCUT2D eigenvalue weighted by molar-refractivity contribution is 0.0673. The van der Waals surface area contributed by atoms with Crippen LogP contribution in [0.4, 0.5) is 8.78 Å². The SMILES string of the molecule is CC1CNCc2nnc(-c3ccccn3)n21.Cc1cc(Cc2ccc(F)c(C(=O)N3Cc4nnc(-c5ccccn5)n4C(C)C3)c2)n[nH]c1=O.Cc1cc(Cc2ccc(F)c(C(=O)O)c2)n[nH]c1=O.S=S=S=S=S=S=S=S=S=S=S=S=S=S=S=S=S=S=S=S=S=S=S=S=S=S=S=S=S. The average Bonchev–Trinajstić information content (AvgIpc) is 1.56. The lowest BCUT2D eigenvalue weighted by atomic mass is 10.0. The van der Waals surface area contributed by atoms with Gasteiger partial charge in [0.15, 0.2) is 17.5 Å². The van der Waals surface area contributed by atoms with Gasteiger partial charge in [-0.3, -0.25) is 24.4 Å². The summed E-state index contributed by atoms with van der Waals surface area (Å²) in [5, 5.41) is 41.8. The van der Waals surface area contributed by atoms with Crippen molar-refractivity contribution in [2.75, 3.05) is 13.1 Å². The molecule has 0 saturated heterocycles. The number of aryl methyl sites for hydroxylation is 2. The molecule has 10 rings (SSSR count). The maximum Gasteiger partial charge on any atom is 0.338 e. The molecule has 0 fully saturated rings. The van der Waals surface area contributed by atoms with Crippen molar-refractivity contribution in [2.45, 2.75) is 65.7 Å². The molecule has 1 amide bonds. The number of carboxylic acid groups (broad SMARTS) is 1. The van der Waals surface area contributed by atoms with Gasteiger partial charge in [0.05, 0.1) is 41.6 Å². The number of aromatic nitrogens is 12. The molecule has 0 spiro atoms. The number of carboxylic acids is 1. The van der Waals surface area contributed by atoms with Crippen molar-refractivity contribution in [1.82, 2.24) is 70.1 Å². The lowest BCUT2D eigenvalue weighted by Gasteiger charge is -2.32. The highest BCUT2D eigenvalue weighted by Gasteiger charge is 2.32. The van der Waals surface area contributed by atoms with E-state index in [1.807, 2.05) is 146 Å². The smallest absolute Gasteiger partial charge is 0.338 e. The van der Waals surface area contributed by atoms with Gasteiger partial charge >= 0.3 is 5.97 Å². The lowest BCUT2D eigenvalue weighted by Crippen LogP contribution is -2.41. The first-order valence-corrected chi connectivity index (χ1v) is 63.8. The molecule has 526 valence electrons. The molecule has 0 saturated carbocycles. The number of aromatic carboxylic acids is 1. The number of pyridine rings is 2. The van der Waals surface area contributed by atoms with E-state index >= 15 is 0 Å². The molecule has 4 N–H and O–H groups in total. The van der Waals surface area contributed by atoms with Gasteiger partial charge in [0, 0.05) is 318 Å². The van der Waals surface area contributed by atoms with E-state index in [9.17, 15) is 28.0 Å². The molecule has 19 nitrogen and oxygen atoms in total. The second kappa shape index (κ2) is 47.4. The van der Waals surface area contributed by atoms with Gasteiger partial charge in [0.25, 0.3) is 17.0 Å². The normalized spacial score (nSPS) is 12.7. The van der Waals surface area contributed by atoms with Crippen molar-refractivity contribution < 1.29 is 23.5 Å². The van der Waals surface area contributed by atoms with Gasteiger partial charge in [-0.1, -0.05) is 24.3 Å². The minimum atomic E-state index is -1.31. The number of benzene rings is 2. The Morgan fingerprint density at radius 2 is 0.929 bits per heavy atom. The number of hydrogen-bond donors (Lipinski definition) is 4. The molecule has 0 radical (unpaired) electrons. The second-order valence-corrected chi connectivity index (χ2v) is 66.2. The third-order valence-electron chi connectivity index (χ3n) is 12.1. The third kappa shape index (κ3) is 28.8. The summed E-state index contributed by atoms with van der Waals surface area (Å²) < 4.78 is 32.1. The molecule has 8 aromatic rings. The van der Waals surface area contributed by atoms with Crippen LogP contribution in [0.3, 0.4) is 0 Å². The van der Waals surface area contributed by atoms with Crippen molar-refractivity contribution in [2.24, 2.45) is 0 Å². The van der Waals surface area contributed by atoms with Gasteiger partial charge in [-0.25, -0.2) is 23.8 Å². The molecule has 2 atom stereocenters. The van der Waals surface area contributed by atoms with E-state index in [0.29, 0.717) is 70.8 Å². The van der Waals surface area contributed by atoms with E-state index in [2.05, 4.69) is 67.6 Å². The molecule has 2 aliphatic heterocycles. The van der Waals surface area contributed by atoms with Crippen LogP contribution in [0.5, 0.6) is 0 Å². The van der Waals surface area contributed by atoms with Gasteiger partial charge in [-0.05, 0) is 99.5 Å². The molecule has 2 aliphatic rings. The molecule has 8 heterocycles. The summed E-state index contributed by atoms with van der Waals surface area (Å²) in [4.78, 5) is 57.1.